The number of piperidine rings is 1. The third-order valence-corrected chi connectivity index (χ3v) is 7.66. The van der Waals surface area contributed by atoms with Crippen molar-refractivity contribution in [1.29, 1.82) is 0 Å². The van der Waals surface area contributed by atoms with Gasteiger partial charge in [-0.25, -0.2) is 9.97 Å². The van der Waals surface area contributed by atoms with Gasteiger partial charge in [0.25, 0.3) is 0 Å². The van der Waals surface area contributed by atoms with Crippen molar-refractivity contribution in [2.45, 2.75) is 25.9 Å². The van der Waals surface area contributed by atoms with Crippen LogP contribution in [0.4, 0.5) is 0 Å². The van der Waals surface area contributed by atoms with Crippen LogP contribution in [0.3, 0.4) is 0 Å². The van der Waals surface area contributed by atoms with Crippen LogP contribution in [-0.2, 0) is 0 Å². The van der Waals surface area contributed by atoms with E-state index in [1.54, 1.807) is 23.7 Å². The largest absolute Gasteiger partial charge is 0.489 e. The summed E-state index contributed by atoms with van der Waals surface area (Å²) >= 11 is 1.73. The fourth-order valence-electron chi connectivity index (χ4n) is 4.76. The van der Waals surface area contributed by atoms with Gasteiger partial charge in [0.2, 0.25) is 0 Å². The number of thiophene rings is 1. The molecule has 0 amide bonds. The number of fused-ring (bicyclic) bond motifs is 2. The van der Waals surface area contributed by atoms with Crippen molar-refractivity contribution >= 4 is 33.4 Å². The van der Waals surface area contributed by atoms with Gasteiger partial charge in [-0.05, 0) is 63.2 Å². The van der Waals surface area contributed by atoms with Crippen molar-refractivity contribution in [1.82, 2.24) is 40.4 Å². The lowest BCUT2D eigenvalue weighted by atomic mass is 10.1. The molecule has 1 fully saturated rings. The first-order valence-corrected chi connectivity index (χ1v) is 13.1. The highest BCUT2D eigenvalue weighted by Gasteiger charge is 2.18. The highest BCUT2D eigenvalue weighted by Crippen LogP contribution is 2.34. The summed E-state index contributed by atoms with van der Waals surface area (Å²) in [6, 6.07) is 10.2. The Balaban J connectivity index is 1.26. The minimum Gasteiger partial charge on any atom is -0.489 e. The summed E-state index contributed by atoms with van der Waals surface area (Å²) in [6.07, 6.45) is 9.43. The molecule has 6 aromatic heterocycles. The number of pyridine rings is 3. The number of aromatic nitrogens is 7. The molecule has 0 unspecified atom stereocenters. The normalized spacial score (nSPS) is 14.5. The fourth-order valence-corrected chi connectivity index (χ4v) is 5.64. The molecule has 0 spiro atoms. The summed E-state index contributed by atoms with van der Waals surface area (Å²) in [5.74, 6) is 1.41. The standard InChI is InChI=1S/C27H24N8OS/c1-15-2-5-23(37-15)19-13-30-14-22-24(19)33-27(32-22)26-25-21(34-35-26)4-3-20(31-25)16-10-18(12-29-11-16)36-17-6-8-28-9-7-17/h2-5,10-14,17,28H,6-9H2,1H3,(H,32,33)(H,34,35). The van der Waals surface area contributed by atoms with Gasteiger partial charge in [-0.2, -0.15) is 5.10 Å². The maximum absolute atomic E-state index is 6.20. The molecule has 6 aromatic rings. The third kappa shape index (κ3) is 4.13. The predicted molar refractivity (Wildman–Crippen MR) is 145 cm³/mol. The number of ether oxygens (including phenoxy) is 1. The first kappa shape index (κ1) is 22.1. The number of hydrogen-bond donors (Lipinski definition) is 3. The highest BCUT2D eigenvalue weighted by molar-refractivity contribution is 7.15. The van der Waals surface area contributed by atoms with Crippen LogP contribution >= 0.6 is 11.3 Å². The second-order valence-corrected chi connectivity index (χ2v) is 10.5. The monoisotopic (exact) mass is 508 g/mol. The van der Waals surface area contributed by atoms with E-state index in [-0.39, 0.29) is 6.10 Å². The second kappa shape index (κ2) is 9.06. The zero-order valence-corrected chi connectivity index (χ0v) is 21.0. The Kier molecular flexibility index (Phi) is 5.40. The van der Waals surface area contributed by atoms with E-state index in [0.717, 1.165) is 75.4 Å². The van der Waals surface area contributed by atoms with E-state index in [2.05, 4.69) is 49.5 Å². The second-order valence-electron chi connectivity index (χ2n) is 9.22. The van der Waals surface area contributed by atoms with E-state index in [1.165, 1.54) is 4.88 Å². The van der Waals surface area contributed by atoms with Crippen molar-refractivity contribution in [2.75, 3.05) is 13.1 Å². The summed E-state index contributed by atoms with van der Waals surface area (Å²) in [5.41, 5.74) is 6.66. The van der Waals surface area contributed by atoms with Crippen LogP contribution < -0.4 is 10.1 Å². The first-order valence-electron chi connectivity index (χ1n) is 12.3. The number of aromatic amines is 2. The minimum absolute atomic E-state index is 0.208. The van der Waals surface area contributed by atoms with Gasteiger partial charge in [-0.15, -0.1) is 11.3 Å². The van der Waals surface area contributed by atoms with Crippen LogP contribution in [0, 0.1) is 6.92 Å². The van der Waals surface area contributed by atoms with Gasteiger partial charge >= 0.3 is 0 Å². The van der Waals surface area contributed by atoms with E-state index < -0.39 is 0 Å². The number of hydrogen-bond acceptors (Lipinski definition) is 8. The van der Waals surface area contributed by atoms with Gasteiger partial charge in [-0.1, -0.05) is 0 Å². The minimum atomic E-state index is 0.208. The van der Waals surface area contributed by atoms with E-state index in [0.29, 0.717) is 11.5 Å². The van der Waals surface area contributed by atoms with Crippen molar-refractivity contribution < 1.29 is 4.74 Å². The molecule has 0 saturated carbocycles. The van der Waals surface area contributed by atoms with Crippen molar-refractivity contribution in [2.24, 2.45) is 0 Å². The SMILES string of the molecule is Cc1ccc(-c2cncc3[nH]c(-c4n[nH]c5ccc(-c6cncc(OC7CCNCC7)c6)nc45)nc23)s1. The summed E-state index contributed by atoms with van der Waals surface area (Å²) in [5, 5.41) is 11.0. The molecule has 9 nitrogen and oxygen atoms in total. The first-order chi connectivity index (χ1) is 18.2. The molecule has 0 aliphatic carbocycles. The molecular formula is C27H24N8OS. The van der Waals surface area contributed by atoms with Gasteiger partial charge in [0, 0.05) is 33.3 Å². The van der Waals surface area contributed by atoms with Crippen LogP contribution in [0.25, 0.3) is 55.3 Å². The number of rotatable bonds is 5. The number of imidazole rings is 1. The van der Waals surface area contributed by atoms with E-state index >= 15 is 0 Å². The molecule has 1 saturated heterocycles. The predicted octanol–water partition coefficient (Wildman–Crippen LogP) is 5.13. The number of nitrogens with one attached hydrogen (secondary N) is 3. The van der Waals surface area contributed by atoms with Gasteiger partial charge in [-0.3, -0.25) is 15.1 Å². The smallest absolute Gasteiger partial charge is 0.161 e. The molecular weight excluding hydrogens is 484 g/mol. The van der Waals surface area contributed by atoms with Crippen LogP contribution in [0.2, 0.25) is 0 Å². The van der Waals surface area contributed by atoms with Crippen LogP contribution in [0.1, 0.15) is 17.7 Å². The molecule has 0 aromatic carbocycles. The van der Waals surface area contributed by atoms with Gasteiger partial charge in [0.05, 0.1) is 29.1 Å². The molecule has 1 aliphatic rings. The Morgan fingerprint density at radius 2 is 1.81 bits per heavy atom. The molecule has 0 bridgehead atoms. The highest BCUT2D eigenvalue weighted by atomic mass is 32.1. The number of nitrogens with zero attached hydrogens (tertiary/aromatic N) is 5. The van der Waals surface area contributed by atoms with Crippen LogP contribution in [-0.4, -0.2) is 54.3 Å². The Bertz CT molecular complexity index is 1730. The Morgan fingerprint density at radius 3 is 2.68 bits per heavy atom. The van der Waals surface area contributed by atoms with Gasteiger partial charge in [0.1, 0.15) is 22.9 Å². The summed E-state index contributed by atoms with van der Waals surface area (Å²) in [7, 11) is 0. The van der Waals surface area contributed by atoms with Crippen molar-refractivity contribution in [3.63, 3.8) is 0 Å². The van der Waals surface area contributed by atoms with Crippen LogP contribution in [0.5, 0.6) is 5.75 Å². The van der Waals surface area contributed by atoms with Crippen molar-refractivity contribution in [3.05, 3.63) is 60.0 Å². The molecule has 1 aliphatic heterocycles. The summed E-state index contributed by atoms with van der Waals surface area (Å²) < 4.78 is 6.20. The third-order valence-electron chi connectivity index (χ3n) is 6.63. The molecule has 10 heteroatoms. The van der Waals surface area contributed by atoms with Gasteiger partial charge < -0.3 is 15.0 Å². The summed E-state index contributed by atoms with van der Waals surface area (Å²) in [6.45, 7) is 4.05. The average Bonchev–Trinajstić information content (AvgIpc) is 3.66. The Hall–Kier alpha value is -4.15. The van der Waals surface area contributed by atoms with Gasteiger partial charge in [0.15, 0.2) is 11.5 Å². The van der Waals surface area contributed by atoms with E-state index in [1.807, 2.05) is 30.6 Å². The molecule has 0 radical (unpaired) electrons. The lowest BCUT2D eigenvalue weighted by molar-refractivity contribution is 0.162. The molecule has 3 N–H and O–H groups in total. The molecule has 184 valence electrons. The zero-order valence-electron chi connectivity index (χ0n) is 20.2. The maximum atomic E-state index is 6.20. The topological polar surface area (TPSA) is 117 Å². The Labute approximate surface area is 216 Å². The molecule has 37 heavy (non-hydrogen) atoms. The molecule has 7 heterocycles. The van der Waals surface area contributed by atoms with E-state index in [4.69, 9.17) is 14.7 Å². The van der Waals surface area contributed by atoms with Crippen LogP contribution in [0.15, 0.2) is 55.1 Å². The zero-order chi connectivity index (χ0) is 24.8. The number of H-pyrrole nitrogens is 2. The lowest BCUT2D eigenvalue weighted by Crippen LogP contribution is -2.34. The average molecular weight is 509 g/mol. The van der Waals surface area contributed by atoms with E-state index in [9.17, 15) is 0 Å². The molecule has 0 atom stereocenters. The lowest BCUT2D eigenvalue weighted by Gasteiger charge is -2.23. The fraction of sp³-hybridized carbons (Fsp3) is 0.222. The molecule has 7 rings (SSSR count). The quantitative estimate of drug-likeness (QED) is 0.296. The van der Waals surface area contributed by atoms with Crippen molar-refractivity contribution in [3.8, 4) is 39.0 Å². The number of aryl methyl sites for hydroxylation is 1. The Morgan fingerprint density at radius 1 is 0.919 bits per heavy atom. The maximum Gasteiger partial charge on any atom is 0.161 e. The summed E-state index contributed by atoms with van der Waals surface area (Å²) in [4.78, 5) is 24.5.